The maximum atomic E-state index is 12.5. The second kappa shape index (κ2) is 5.38. The largest absolute Gasteiger partial charge is 0.332 e. The van der Waals surface area contributed by atoms with Gasteiger partial charge in [0.1, 0.15) is 0 Å². The Hall–Kier alpha value is -2.35. The van der Waals surface area contributed by atoms with Gasteiger partial charge in [0.2, 0.25) is 5.78 Å². The number of aromatic nitrogens is 5. The Kier molecular flexibility index (Phi) is 3.63. The van der Waals surface area contributed by atoms with Crippen LogP contribution in [0.3, 0.4) is 0 Å². The minimum Gasteiger partial charge on any atom is -0.314 e. The average Bonchev–Trinajstić information content (AvgIpc) is 2.99. The zero-order valence-electron chi connectivity index (χ0n) is 14.2. The molecule has 0 bridgehead atoms. The summed E-state index contributed by atoms with van der Waals surface area (Å²) in [6, 6.07) is 0. The molecule has 0 fully saturated rings. The van der Waals surface area contributed by atoms with Gasteiger partial charge in [-0.3, -0.25) is 18.3 Å². The smallest absolute Gasteiger partial charge is 0.314 e. The number of hydrogen-bond donors (Lipinski definition) is 0. The van der Waals surface area contributed by atoms with Gasteiger partial charge in [0.15, 0.2) is 11.2 Å². The minimum absolute atomic E-state index is 0.318. The van der Waals surface area contributed by atoms with Crippen molar-refractivity contribution < 1.29 is 0 Å². The Morgan fingerprint density at radius 3 is 2.52 bits per heavy atom. The fraction of sp³-hybridized carbons (Fsp3) is 0.533. The second-order valence-electron chi connectivity index (χ2n) is 6.24. The quantitative estimate of drug-likeness (QED) is 0.676. The molecule has 0 spiro atoms. The van der Waals surface area contributed by atoms with Gasteiger partial charge in [-0.2, -0.15) is 4.98 Å². The van der Waals surface area contributed by atoms with E-state index in [4.69, 9.17) is 0 Å². The molecule has 3 aromatic rings. The van der Waals surface area contributed by atoms with Gasteiger partial charge < -0.3 is 9.47 Å². The lowest BCUT2D eigenvalue weighted by Gasteiger charge is -2.10. The van der Waals surface area contributed by atoms with Crippen molar-refractivity contribution in [2.75, 3.05) is 20.6 Å². The fourth-order valence-electron chi connectivity index (χ4n) is 2.95. The highest BCUT2D eigenvalue weighted by Gasteiger charge is 2.18. The molecule has 3 aromatic heterocycles. The molecule has 3 rings (SSSR count). The molecule has 0 saturated heterocycles. The fourth-order valence-corrected chi connectivity index (χ4v) is 2.95. The molecule has 0 N–H and O–H groups in total. The first-order valence-electron chi connectivity index (χ1n) is 7.61. The van der Waals surface area contributed by atoms with Crippen molar-refractivity contribution in [1.82, 2.24) is 28.0 Å². The van der Waals surface area contributed by atoms with Crippen LogP contribution in [0.4, 0.5) is 0 Å². The summed E-state index contributed by atoms with van der Waals surface area (Å²) in [5, 5.41) is 0. The summed E-state index contributed by atoms with van der Waals surface area (Å²) >= 11 is 0. The molecule has 0 aliphatic rings. The van der Waals surface area contributed by atoms with E-state index in [1.165, 1.54) is 11.6 Å². The van der Waals surface area contributed by atoms with Crippen molar-refractivity contribution in [2.45, 2.75) is 19.9 Å². The number of rotatable bonds is 4. The Morgan fingerprint density at radius 1 is 1.17 bits per heavy atom. The predicted molar refractivity (Wildman–Crippen MR) is 89.1 cm³/mol. The molecule has 0 aromatic carbocycles. The third-order valence-electron chi connectivity index (χ3n) is 4.24. The third kappa shape index (κ3) is 2.29. The lowest BCUT2D eigenvalue weighted by atomic mass is 10.4. The molecule has 0 saturated carbocycles. The van der Waals surface area contributed by atoms with E-state index in [1.54, 1.807) is 11.4 Å². The summed E-state index contributed by atoms with van der Waals surface area (Å²) in [5.41, 5.74) is 1.23. The predicted octanol–water partition coefficient (Wildman–Crippen LogP) is -0.0535. The Labute approximate surface area is 133 Å². The van der Waals surface area contributed by atoms with Gasteiger partial charge in [-0.15, -0.1) is 0 Å². The molecular formula is C15H22N6O2. The molecule has 0 amide bonds. The molecule has 23 heavy (non-hydrogen) atoms. The maximum Gasteiger partial charge on any atom is 0.332 e. The molecule has 3 heterocycles. The molecular weight excluding hydrogens is 296 g/mol. The van der Waals surface area contributed by atoms with Crippen LogP contribution in [0.15, 0.2) is 15.8 Å². The van der Waals surface area contributed by atoms with Crippen molar-refractivity contribution in [2.24, 2.45) is 14.1 Å². The number of aryl methyl sites for hydroxylation is 3. The van der Waals surface area contributed by atoms with E-state index >= 15 is 0 Å². The molecule has 8 nitrogen and oxygen atoms in total. The summed E-state index contributed by atoms with van der Waals surface area (Å²) in [5.74, 6) is 0.703. The Bertz CT molecular complexity index is 1000. The number of fused-ring (bicyclic) bond motifs is 3. The second-order valence-corrected chi connectivity index (χ2v) is 6.24. The van der Waals surface area contributed by atoms with Crippen LogP contribution in [0.5, 0.6) is 0 Å². The first-order chi connectivity index (χ1) is 10.8. The van der Waals surface area contributed by atoms with E-state index in [1.807, 2.05) is 27.2 Å². The van der Waals surface area contributed by atoms with Crippen LogP contribution in [0.25, 0.3) is 16.9 Å². The van der Waals surface area contributed by atoms with Gasteiger partial charge in [-0.25, -0.2) is 4.79 Å². The van der Waals surface area contributed by atoms with Gasteiger partial charge in [-0.05, 0) is 34.0 Å². The van der Waals surface area contributed by atoms with Gasteiger partial charge in [0, 0.05) is 32.5 Å². The summed E-state index contributed by atoms with van der Waals surface area (Å²) in [6.45, 7) is 3.80. The highest BCUT2D eigenvalue weighted by molar-refractivity contribution is 5.75. The number of hydrogen-bond acceptors (Lipinski definition) is 4. The minimum atomic E-state index is -0.362. The van der Waals surface area contributed by atoms with Crippen LogP contribution < -0.4 is 11.2 Å². The van der Waals surface area contributed by atoms with Gasteiger partial charge in [0.25, 0.3) is 5.56 Å². The molecule has 124 valence electrons. The zero-order chi connectivity index (χ0) is 16.9. The van der Waals surface area contributed by atoms with Gasteiger partial charge in [-0.1, -0.05) is 0 Å². The van der Waals surface area contributed by atoms with E-state index < -0.39 is 0 Å². The highest BCUT2D eigenvalue weighted by atomic mass is 16.2. The van der Waals surface area contributed by atoms with Crippen LogP contribution in [0, 0.1) is 6.92 Å². The van der Waals surface area contributed by atoms with Crippen LogP contribution in [-0.2, 0) is 20.6 Å². The average molecular weight is 318 g/mol. The zero-order valence-corrected chi connectivity index (χ0v) is 14.2. The van der Waals surface area contributed by atoms with Crippen molar-refractivity contribution >= 4 is 16.9 Å². The Morgan fingerprint density at radius 2 is 1.87 bits per heavy atom. The monoisotopic (exact) mass is 318 g/mol. The van der Waals surface area contributed by atoms with E-state index in [2.05, 4.69) is 14.5 Å². The lowest BCUT2D eigenvalue weighted by Crippen LogP contribution is -2.37. The van der Waals surface area contributed by atoms with Gasteiger partial charge >= 0.3 is 5.69 Å². The molecule has 0 radical (unpaired) electrons. The van der Waals surface area contributed by atoms with Crippen molar-refractivity contribution in [1.29, 1.82) is 0 Å². The van der Waals surface area contributed by atoms with Crippen LogP contribution in [0.2, 0.25) is 0 Å². The normalized spacial score (nSPS) is 12.1. The third-order valence-corrected chi connectivity index (χ3v) is 4.24. The van der Waals surface area contributed by atoms with Crippen LogP contribution in [-0.4, -0.2) is 48.6 Å². The summed E-state index contributed by atoms with van der Waals surface area (Å²) < 4.78 is 6.42. The highest BCUT2D eigenvalue weighted by Crippen LogP contribution is 2.16. The molecule has 0 atom stereocenters. The Balaban J connectivity index is 2.24. The van der Waals surface area contributed by atoms with Gasteiger partial charge in [0.05, 0.1) is 0 Å². The van der Waals surface area contributed by atoms with Crippen LogP contribution in [0.1, 0.15) is 12.1 Å². The molecule has 0 unspecified atom stereocenters. The topological polar surface area (TPSA) is 69.5 Å². The first kappa shape index (κ1) is 15.5. The summed E-state index contributed by atoms with van der Waals surface area (Å²) in [6.07, 6.45) is 2.89. The molecule has 8 heteroatoms. The summed E-state index contributed by atoms with van der Waals surface area (Å²) in [7, 11) is 7.22. The van der Waals surface area contributed by atoms with Crippen molar-refractivity contribution in [3.8, 4) is 0 Å². The molecule has 0 aliphatic heterocycles. The molecule has 0 aliphatic carbocycles. The standard InChI is InChI=1S/C15H22N6O2/c1-10-9-21-11-12(18(4)15(23)19(5)13(11)22)16-14(21)20(10)8-6-7-17(2)3/h9H,6-8H2,1-5H3. The maximum absolute atomic E-state index is 12.5. The van der Waals surface area contributed by atoms with E-state index in [-0.39, 0.29) is 11.2 Å². The SMILES string of the molecule is Cc1cn2c3c(=O)n(C)c(=O)n(C)c3nc2n1CCCN(C)C. The summed E-state index contributed by atoms with van der Waals surface area (Å²) in [4.78, 5) is 31.2. The number of nitrogens with zero attached hydrogens (tertiary/aromatic N) is 6. The van der Waals surface area contributed by atoms with E-state index in [0.29, 0.717) is 16.9 Å². The van der Waals surface area contributed by atoms with E-state index in [9.17, 15) is 9.59 Å². The lowest BCUT2D eigenvalue weighted by molar-refractivity contribution is 0.387. The van der Waals surface area contributed by atoms with E-state index in [0.717, 1.165) is 29.8 Å². The number of imidazole rings is 2. The first-order valence-corrected chi connectivity index (χ1v) is 7.61. The van der Waals surface area contributed by atoms with Crippen molar-refractivity contribution in [3.63, 3.8) is 0 Å². The van der Waals surface area contributed by atoms with Crippen LogP contribution >= 0.6 is 0 Å². The van der Waals surface area contributed by atoms with Crippen molar-refractivity contribution in [3.05, 3.63) is 32.7 Å².